The molecule has 0 aromatic heterocycles. The van der Waals surface area contributed by atoms with Crippen LogP contribution in [-0.4, -0.2) is 19.3 Å². The Labute approximate surface area is 113 Å². The molecule has 3 rings (SSSR count). The van der Waals surface area contributed by atoms with Crippen LogP contribution in [0, 0.1) is 0 Å². The van der Waals surface area contributed by atoms with E-state index in [9.17, 15) is 4.79 Å². The number of carbonyl (C=O) groups excluding carboxylic acids is 1. The number of benzene rings is 1. The van der Waals surface area contributed by atoms with Gasteiger partial charge in [0.15, 0.2) is 11.5 Å². The summed E-state index contributed by atoms with van der Waals surface area (Å²) < 4.78 is 12.2. The van der Waals surface area contributed by atoms with E-state index in [-0.39, 0.29) is 0 Å². The van der Waals surface area contributed by atoms with Crippen LogP contribution in [0.2, 0.25) is 0 Å². The van der Waals surface area contributed by atoms with Gasteiger partial charge in [0.2, 0.25) is 6.08 Å². The minimum absolute atomic E-state index is 0.451. The van der Waals surface area contributed by atoms with E-state index in [0.29, 0.717) is 24.7 Å². The molecule has 0 N–H and O–H groups in total. The molecule has 0 bridgehead atoms. The van der Waals surface area contributed by atoms with Gasteiger partial charge in [-0.1, -0.05) is 6.07 Å². The quantitative estimate of drug-likeness (QED) is 0.623. The van der Waals surface area contributed by atoms with E-state index < -0.39 is 5.54 Å². The maximum absolute atomic E-state index is 10.6. The summed E-state index contributed by atoms with van der Waals surface area (Å²) >= 11 is 3.45. The molecule has 1 aromatic rings. The van der Waals surface area contributed by atoms with E-state index in [1.165, 1.54) is 0 Å². The van der Waals surface area contributed by atoms with E-state index in [1.54, 1.807) is 6.08 Å². The Balaban J connectivity index is 2.15. The Hall–Kier alpha value is -1.32. The van der Waals surface area contributed by atoms with Crippen molar-refractivity contribution in [3.63, 3.8) is 0 Å². The fraction of sp³-hybridized carbons (Fsp3) is 0.462. The van der Waals surface area contributed by atoms with Gasteiger partial charge in [0.25, 0.3) is 0 Å². The Kier molecular flexibility index (Phi) is 2.88. The van der Waals surface area contributed by atoms with E-state index in [4.69, 9.17) is 9.47 Å². The summed E-state index contributed by atoms with van der Waals surface area (Å²) in [4.78, 5) is 14.7. The number of aliphatic imine (C=N–C) groups is 1. The zero-order chi connectivity index (χ0) is 12.6. The molecule has 0 saturated heterocycles. The first-order valence-electron chi connectivity index (χ1n) is 5.94. The summed E-state index contributed by atoms with van der Waals surface area (Å²) in [6, 6.07) is 3.88. The Bertz CT molecular complexity index is 533. The Morgan fingerprint density at radius 3 is 2.56 bits per heavy atom. The van der Waals surface area contributed by atoms with Crippen LogP contribution in [0.1, 0.15) is 24.8 Å². The number of isocyanates is 1. The van der Waals surface area contributed by atoms with Crippen molar-refractivity contribution in [2.24, 2.45) is 4.99 Å². The standard InChI is InChI=1S/C13H12BrNO3/c14-10-3-2-9(11-12(10)18-7-6-17-11)13(15-8-16)4-1-5-13/h2-3H,1,4-7H2. The second-order valence-corrected chi connectivity index (χ2v) is 5.39. The maximum Gasteiger partial charge on any atom is 0.235 e. The van der Waals surface area contributed by atoms with Crippen LogP contribution in [0.5, 0.6) is 11.5 Å². The third-order valence-electron chi connectivity index (χ3n) is 3.58. The number of hydrogen-bond acceptors (Lipinski definition) is 4. The average molecular weight is 310 g/mol. The molecule has 2 aliphatic rings. The van der Waals surface area contributed by atoms with Gasteiger partial charge in [0.05, 0.1) is 4.47 Å². The first-order chi connectivity index (χ1) is 8.77. The highest BCUT2D eigenvalue weighted by Crippen LogP contribution is 2.52. The molecule has 0 radical (unpaired) electrons. The maximum atomic E-state index is 10.6. The van der Waals surface area contributed by atoms with Crippen LogP contribution in [0.15, 0.2) is 21.6 Å². The molecule has 18 heavy (non-hydrogen) atoms. The monoisotopic (exact) mass is 309 g/mol. The minimum Gasteiger partial charge on any atom is -0.486 e. The normalized spacial score (nSPS) is 19.6. The fourth-order valence-electron chi connectivity index (χ4n) is 2.51. The predicted octanol–water partition coefficient (Wildman–Crippen LogP) is 2.94. The van der Waals surface area contributed by atoms with Gasteiger partial charge in [-0.05, 0) is 41.3 Å². The molecular formula is C13H12BrNO3. The molecule has 1 aliphatic carbocycles. The van der Waals surface area contributed by atoms with Gasteiger partial charge >= 0.3 is 0 Å². The van der Waals surface area contributed by atoms with Gasteiger partial charge in [-0.15, -0.1) is 0 Å². The number of ether oxygens (including phenoxy) is 2. The third-order valence-corrected chi connectivity index (χ3v) is 4.21. The molecule has 1 aromatic carbocycles. The third kappa shape index (κ3) is 1.66. The molecule has 1 saturated carbocycles. The van der Waals surface area contributed by atoms with Crippen molar-refractivity contribution >= 4 is 22.0 Å². The number of nitrogens with zero attached hydrogens (tertiary/aromatic N) is 1. The molecule has 0 amide bonds. The largest absolute Gasteiger partial charge is 0.486 e. The zero-order valence-corrected chi connectivity index (χ0v) is 11.3. The van der Waals surface area contributed by atoms with Gasteiger partial charge in [0, 0.05) is 5.56 Å². The molecule has 0 atom stereocenters. The topological polar surface area (TPSA) is 47.9 Å². The van der Waals surface area contributed by atoms with Crippen LogP contribution in [0.4, 0.5) is 0 Å². The summed E-state index contributed by atoms with van der Waals surface area (Å²) in [5.74, 6) is 1.43. The zero-order valence-electron chi connectivity index (χ0n) is 9.74. The van der Waals surface area contributed by atoms with E-state index in [0.717, 1.165) is 29.3 Å². The molecule has 0 spiro atoms. The number of hydrogen-bond donors (Lipinski definition) is 0. The summed E-state index contributed by atoms with van der Waals surface area (Å²) in [6.07, 6.45) is 4.49. The molecule has 1 fully saturated rings. The lowest BCUT2D eigenvalue weighted by atomic mass is 9.72. The van der Waals surface area contributed by atoms with Gasteiger partial charge < -0.3 is 9.47 Å². The summed E-state index contributed by atoms with van der Waals surface area (Å²) in [7, 11) is 0. The minimum atomic E-state index is -0.451. The average Bonchev–Trinajstić information content (AvgIpc) is 2.35. The molecule has 1 heterocycles. The van der Waals surface area contributed by atoms with Gasteiger partial charge in [-0.2, -0.15) is 4.99 Å². The van der Waals surface area contributed by atoms with Crippen molar-refractivity contribution in [3.05, 3.63) is 22.2 Å². The first-order valence-corrected chi connectivity index (χ1v) is 6.74. The molecular weight excluding hydrogens is 298 g/mol. The molecule has 1 aliphatic heterocycles. The number of rotatable bonds is 2. The van der Waals surface area contributed by atoms with Crippen LogP contribution in [0.3, 0.4) is 0 Å². The lowest BCUT2D eigenvalue weighted by Gasteiger charge is -2.39. The SMILES string of the molecule is O=C=NC1(c2ccc(Br)c3c2OCCO3)CCC1. The summed E-state index contributed by atoms with van der Waals surface area (Å²) in [5.41, 5.74) is 0.489. The van der Waals surface area contributed by atoms with Crippen molar-refractivity contribution in [3.8, 4) is 11.5 Å². The Morgan fingerprint density at radius 1 is 1.22 bits per heavy atom. The van der Waals surface area contributed by atoms with E-state index >= 15 is 0 Å². The highest BCUT2D eigenvalue weighted by atomic mass is 79.9. The van der Waals surface area contributed by atoms with Crippen LogP contribution in [-0.2, 0) is 10.3 Å². The van der Waals surface area contributed by atoms with E-state index in [2.05, 4.69) is 20.9 Å². The van der Waals surface area contributed by atoms with Gasteiger partial charge in [0.1, 0.15) is 18.8 Å². The van der Waals surface area contributed by atoms with Gasteiger partial charge in [-0.25, -0.2) is 4.79 Å². The molecule has 5 heteroatoms. The second kappa shape index (κ2) is 4.41. The molecule has 0 unspecified atom stereocenters. The van der Waals surface area contributed by atoms with E-state index in [1.807, 2.05) is 12.1 Å². The van der Waals surface area contributed by atoms with Crippen molar-refractivity contribution < 1.29 is 14.3 Å². The second-order valence-electron chi connectivity index (χ2n) is 4.54. The highest BCUT2D eigenvalue weighted by Gasteiger charge is 2.42. The lowest BCUT2D eigenvalue weighted by Crippen LogP contribution is -2.33. The predicted molar refractivity (Wildman–Crippen MR) is 68.8 cm³/mol. The van der Waals surface area contributed by atoms with Crippen LogP contribution >= 0.6 is 15.9 Å². The van der Waals surface area contributed by atoms with Gasteiger partial charge in [-0.3, -0.25) is 0 Å². The Morgan fingerprint density at radius 2 is 1.94 bits per heavy atom. The summed E-state index contributed by atoms with van der Waals surface area (Å²) in [6.45, 7) is 1.07. The van der Waals surface area contributed by atoms with Crippen molar-refractivity contribution in [1.82, 2.24) is 0 Å². The molecule has 94 valence electrons. The van der Waals surface area contributed by atoms with Crippen molar-refractivity contribution in [2.75, 3.05) is 13.2 Å². The molecule has 4 nitrogen and oxygen atoms in total. The van der Waals surface area contributed by atoms with Crippen LogP contribution < -0.4 is 9.47 Å². The number of halogens is 1. The summed E-state index contributed by atoms with van der Waals surface area (Å²) in [5, 5.41) is 0. The fourth-order valence-corrected chi connectivity index (χ4v) is 2.94. The lowest BCUT2D eigenvalue weighted by molar-refractivity contribution is 0.159. The van der Waals surface area contributed by atoms with Crippen LogP contribution in [0.25, 0.3) is 0 Å². The smallest absolute Gasteiger partial charge is 0.235 e. The van der Waals surface area contributed by atoms with Crippen molar-refractivity contribution in [1.29, 1.82) is 0 Å². The van der Waals surface area contributed by atoms with Crippen molar-refractivity contribution in [2.45, 2.75) is 24.8 Å². The first kappa shape index (κ1) is 11.8. The highest BCUT2D eigenvalue weighted by molar-refractivity contribution is 9.10. The number of fused-ring (bicyclic) bond motifs is 1.